The maximum Gasteiger partial charge on any atom is 0.397 e. The Morgan fingerprint density at radius 1 is 0.247 bits per heavy atom. The van der Waals surface area contributed by atoms with Crippen LogP contribution in [0.4, 0.5) is 0 Å². The smallest absolute Gasteiger partial charge is 0.364 e. The molecular formula is C18H32O45S10. The third kappa shape index (κ3) is 24.4. The van der Waals surface area contributed by atoms with Gasteiger partial charge in [-0.2, -0.15) is 84.2 Å². The van der Waals surface area contributed by atoms with Gasteiger partial charge in [0.05, 0.1) is 26.4 Å². The molecule has 0 radical (unpaired) electrons. The van der Waals surface area contributed by atoms with E-state index in [1.54, 1.807) is 0 Å². The molecule has 10 N–H and O–H groups in total. The van der Waals surface area contributed by atoms with Gasteiger partial charge in [-0.15, -0.1) is 0 Å². The largest absolute Gasteiger partial charge is 0.397 e. The van der Waals surface area contributed by atoms with E-state index in [4.69, 9.17) is 37.3 Å². The molecule has 0 aromatic rings. The van der Waals surface area contributed by atoms with E-state index in [-0.39, 0.29) is 0 Å². The van der Waals surface area contributed by atoms with Gasteiger partial charge in [0.1, 0.15) is 61.0 Å². The fourth-order valence-electron chi connectivity index (χ4n) is 6.07. The first kappa shape index (κ1) is 65.8. The molecule has 3 saturated heterocycles. The Labute approximate surface area is 409 Å². The Morgan fingerprint density at radius 2 is 0.438 bits per heavy atom. The van der Waals surface area contributed by atoms with Gasteiger partial charge in [0, 0.05) is 0 Å². The van der Waals surface area contributed by atoms with Crippen molar-refractivity contribution >= 4 is 104 Å². The lowest BCUT2D eigenvalue weighted by Crippen LogP contribution is -2.67. The normalized spacial score (nSPS) is 31.9. The van der Waals surface area contributed by atoms with Gasteiger partial charge in [-0.25, -0.2) is 41.8 Å². The molecular weight excluding hydrogens is 1260 g/mol. The van der Waals surface area contributed by atoms with Crippen LogP contribution in [0.25, 0.3) is 0 Å². The Hall–Kier alpha value is -1.50. The second-order valence-corrected chi connectivity index (χ2v) is 23.9. The molecule has 0 aliphatic carbocycles. The van der Waals surface area contributed by atoms with Crippen molar-refractivity contribution in [2.45, 2.75) is 85.8 Å². The molecule has 3 aliphatic rings. The lowest BCUT2D eigenvalue weighted by molar-refractivity contribution is -0.354. The van der Waals surface area contributed by atoms with Gasteiger partial charge in [-0.3, -0.25) is 45.5 Å². The molecule has 0 saturated carbocycles. The van der Waals surface area contributed by atoms with E-state index in [0.717, 1.165) is 0 Å². The molecule has 0 amide bonds. The SMILES string of the molecule is O=S(=O)(O)OCC1O[C@@H](COS(=O)(=O)O)[C@H](OS(=O)(=O)O)[C@@H]1O[C@H]1O[C@H](COS(=O)(=O)O)[C@H](O[C@@H]2O[C@@H](COS(=O)(=O)O)[C@H](OS(=O)(=O)O)[C@H](OS(=O)(=O)O)[C@H]2OS(=O)(=O)O)[C@H](OS(=O)(=O)O)[C@@H]1OS(=O)(=O)O. The van der Waals surface area contributed by atoms with E-state index >= 15 is 0 Å². The monoisotopic (exact) mass is 1290 g/mol. The van der Waals surface area contributed by atoms with Crippen LogP contribution in [0.15, 0.2) is 0 Å². The van der Waals surface area contributed by atoms with Crippen molar-refractivity contribution in [2.24, 2.45) is 0 Å². The summed E-state index contributed by atoms with van der Waals surface area (Å²) in [4.78, 5) is 0. The summed E-state index contributed by atoms with van der Waals surface area (Å²) in [5, 5.41) is 0. The minimum Gasteiger partial charge on any atom is -0.364 e. The zero-order valence-electron chi connectivity index (χ0n) is 33.8. The van der Waals surface area contributed by atoms with Crippen molar-refractivity contribution in [2.75, 3.05) is 26.4 Å². The zero-order chi connectivity index (χ0) is 56.5. The first-order valence-corrected chi connectivity index (χ1v) is 30.7. The van der Waals surface area contributed by atoms with E-state index in [1.807, 2.05) is 0 Å². The van der Waals surface area contributed by atoms with Gasteiger partial charge < -0.3 is 23.7 Å². The second-order valence-electron chi connectivity index (χ2n) is 13.3. The van der Waals surface area contributed by atoms with E-state index in [0.29, 0.717) is 0 Å². The highest BCUT2D eigenvalue weighted by Gasteiger charge is 2.60. The van der Waals surface area contributed by atoms with Crippen molar-refractivity contribution in [3.05, 3.63) is 0 Å². The fraction of sp³-hybridized carbons (Fsp3) is 1.00. The molecule has 14 atom stereocenters. The van der Waals surface area contributed by atoms with Crippen molar-refractivity contribution in [1.82, 2.24) is 0 Å². The van der Waals surface area contributed by atoms with Gasteiger partial charge in [0.2, 0.25) is 0 Å². The number of rotatable bonds is 28. The molecule has 55 heteroatoms. The summed E-state index contributed by atoms with van der Waals surface area (Å²) in [6, 6.07) is 0. The third-order valence-corrected chi connectivity index (χ3v) is 12.6. The Balaban J connectivity index is 2.45. The van der Waals surface area contributed by atoms with Crippen LogP contribution in [0.2, 0.25) is 0 Å². The van der Waals surface area contributed by atoms with Crippen LogP contribution >= 0.6 is 0 Å². The maximum atomic E-state index is 12.4. The molecule has 45 nitrogen and oxygen atoms in total. The highest BCUT2D eigenvalue weighted by atomic mass is 32.3. The van der Waals surface area contributed by atoms with Crippen LogP contribution in [-0.2, 0) is 170 Å². The molecule has 3 aliphatic heterocycles. The molecule has 0 bridgehead atoms. The summed E-state index contributed by atoms with van der Waals surface area (Å²) in [5.74, 6) is 0. The summed E-state index contributed by atoms with van der Waals surface area (Å²) >= 11 is 0. The van der Waals surface area contributed by atoms with Crippen molar-refractivity contribution in [3.8, 4) is 0 Å². The highest BCUT2D eigenvalue weighted by molar-refractivity contribution is 7.83. The minimum atomic E-state index is -6.45. The number of hydrogen-bond acceptors (Lipinski definition) is 35. The average Bonchev–Trinajstić information content (AvgIpc) is 3.43. The Morgan fingerprint density at radius 3 is 0.712 bits per heavy atom. The summed E-state index contributed by atoms with van der Waals surface area (Å²) < 4.78 is 399. The molecule has 0 aromatic carbocycles. The summed E-state index contributed by atoms with van der Waals surface area (Å²) in [7, 11) is -60.8. The molecule has 73 heavy (non-hydrogen) atoms. The fourth-order valence-corrected chi connectivity index (χ4v) is 10.3. The zero-order valence-corrected chi connectivity index (χ0v) is 41.9. The number of ether oxygens (including phenoxy) is 5. The second kappa shape index (κ2) is 23.8. The van der Waals surface area contributed by atoms with Gasteiger partial charge >= 0.3 is 104 Å². The average molecular weight is 1290 g/mol. The Kier molecular flexibility index (Phi) is 21.5. The van der Waals surface area contributed by atoms with Gasteiger partial charge in [-0.05, 0) is 0 Å². The number of hydrogen-bond donors (Lipinski definition) is 10. The lowest BCUT2D eigenvalue weighted by Gasteiger charge is -2.48. The molecule has 434 valence electrons. The molecule has 3 rings (SSSR count). The van der Waals surface area contributed by atoms with E-state index in [9.17, 15) is 116 Å². The van der Waals surface area contributed by atoms with Crippen LogP contribution in [0.3, 0.4) is 0 Å². The van der Waals surface area contributed by atoms with Crippen LogP contribution in [0.5, 0.6) is 0 Å². The third-order valence-electron chi connectivity index (χ3n) is 8.09. The Bertz CT molecular complexity index is 3090. The van der Waals surface area contributed by atoms with Crippen molar-refractivity contribution < 1.29 is 195 Å². The topological polar surface area (TPSA) is 682 Å². The van der Waals surface area contributed by atoms with Crippen LogP contribution in [-0.4, -0.2) is 242 Å². The molecule has 0 spiro atoms. The molecule has 3 fully saturated rings. The standard InChI is InChI=1S/C18H32O45S10/c19-64(20,21)49-1-5-9(11(58-68(31,32)33)7(53-5)3-51-66(25,26)27)56-17-15(62-72(43,44)45)13(60-70(37,38)39)10(6(54-17)2-50-65(22,23)24)57-18-16(63-73(46,47)48)14(61-71(40,41)42)12(59-69(34,35)36)8(55-18)4-52-67(28,29)30/h5-18H,1-4H2,(H,19,20,21)(H,22,23,24)(H,25,26,27)(H,28,29,30)(H,31,32,33)(H,34,35,36)(H,37,38,39)(H,40,41,42)(H,43,44,45)(H,46,47,48)/t5?,6-,7+,8+,9-,10+,11+,12+,13+,14+,15+,16-,17-,18+/m1/s1. The first-order valence-electron chi connectivity index (χ1n) is 17.1. The summed E-state index contributed by atoms with van der Waals surface area (Å²) in [5.41, 5.74) is 0. The van der Waals surface area contributed by atoms with Crippen LogP contribution in [0, 0.1) is 0 Å². The molecule has 3 heterocycles. The van der Waals surface area contributed by atoms with Crippen molar-refractivity contribution in [3.63, 3.8) is 0 Å². The summed E-state index contributed by atoms with van der Waals surface area (Å²) in [6.45, 7) is -7.62. The minimum absolute atomic E-state index is 1.71. The van der Waals surface area contributed by atoms with Crippen molar-refractivity contribution in [1.29, 1.82) is 0 Å². The van der Waals surface area contributed by atoms with E-state index in [2.05, 4.69) is 41.8 Å². The molecule has 1 unspecified atom stereocenters. The van der Waals surface area contributed by atoms with Crippen LogP contribution in [0.1, 0.15) is 0 Å². The van der Waals surface area contributed by atoms with Crippen LogP contribution < -0.4 is 0 Å². The summed E-state index contributed by atoms with van der Waals surface area (Å²) in [6.07, 6.45) is -44.5. The molecule has 0 aromatic heterocycles. The van der Waals surface area contributed by atoms with Gasteiger partial charge in [-0.1, -0.05) is 0 Å². The van der Waals surface area contributed by atoms with E-state index in [1.165, 1.54) is 0 Å². The highest BCUT2D eigenvalue weighted by Crippen LogP contribution is 2.39. The first-order chi connectivity index (χ1) is 32.4. The maximum absolute atomic E-state index is 12.4. The van der Waals surface area contributed by atoms with Gasteiger partial charge in [0.15, 0.2) is 24.8 Å². The quantitative estimate of drug-likeness (QED) is 0.0325. The van der Waals surface area contributed by atoms with Gasteiger partial charge in [0.25, 0.3) is 0 Å². The predicted molar refractivity (Wildman–Crippen MR) is 204 cm³/mol. The van der Waals surface area contributed by atoms with E-state index < -0.39 is 216 Å². The lowest BCUT2D eigenvalue weighted by atomic mass is 9.96. The predicted octanol–water partition coefficient (Wildman–Crippen LogP) is -8.62.